The van der Waals surface area contributed by atoms with Gasteiger partial charge in [-0.2, -0.15) is 0 Å². The fourth-order valence-electron chi connectivity index (χ4n) is 3.21. The molecule has 1 saturated heterocycles. The summed E-state index contributed by atoms with van der Waals surface area (Å²) in [6.07, 6.45) is 11.7. The van der Waals surface area contributed by atoms with Gasteiger partial charge in [0.15, 0.2) is 0 Å². The topological polar surface area (TPSA) is 91.5 Å². The van der Waals surface area contributed by atoms with Crippen molar-refractivity contribution in [3.63, 3.8) is 0 Å². The number of amides is 1. The zero-order chi connectivity index (χ0) is 19.8. The standard InChI is InChI=1S/C21H30N4O2/c1-4-6-15(7-5-8-20(26)25(2)3)13-17-10-11-18(24-17)21(27)16-9-12-19(22)23-14-16/h4-7,9,12,14,17-18,21,24,27H,1,8,10-11,13H2,2-3H3,(H2,22,23). The van der Waals surface area contributed by atoms with Crippen molar-refractivity contribution in [1.29, 1.82) is 0 Å². The van der Waals surface area contributed by atoms with Gasteiger partial charge in [0.2, 0.25) is 5.91 Å². The van der Waals surface area contributed by atoms with E-state index in [1.165, 1.54) is 0 Å². The van der Waals surface area contributed by atoms with Crippen molar-refractivity contribution >= 4 is 11.7 Å². The molecule has 146 valence electrons. The summed E-state index contributed by atoms with van der Waals surface area (Å²) in [7, 11) is 3.50. The highest BCUT2D eigenvalue weighted by Gasteiger charge is 2.30. The van der Waals surface area contributed by atoms with Crippen LogP contribution in [-0.4, -0.2) is 47.1 Å². The summed E-state index contributed by atoms with van der Waals surface area (Å²) in [6.45, 7) is 3.77. The van der Waals surface area contributed by atoms with Gasteiger partial charge in [0.1, 0.15) is 5.82 Å². The molecule has 2 rings (SSSR count). The van der Waals surface area contributed by atoms with Gasteiger partial charge in [-0.15, -0.1) is 0 Å². The number of aliphatic hydroxyl groups is 1. The van der Waals surface area contributed by atoms with Gasteiger partial charge < -0.3 is 21.1 Å². The number of carbonyl (C=O) groups is 1. The van der Waals surface area contributed by atoms with Crippen LogP contribution in [0.4, 0.5) is 5.82 Å². The Labute approximate surface area is 161 Å². The molecule has 3 unspecified atom stereocenters. The molecule has 1 aliphatic heterocycles. The number of aliphatic hydroxyl groups excluding tert-OH is 1. The average molecular weight is 370 g/mol. The molecule has 0 radical (unpaired) electrons. The number of allylic oxidation sites excluding steroid dienone is 3. The van der Waals surface area contributed by atoms with E-state index in [2.05, 4.69) is 16.9 Å². The predicted octanol–water partition coefficient (Wildman–Crippen LogP) is 2.35. The highest BCUT2D eigenvalue weighted by Crippen LogP contribution is 2.28. The molecular formula is C21H30N4O2. The molecule has 4 N–H and O–H groups in total. The molecule has 1 aromatic rings. The molecule has 27 heavy (non-hydrogen) atoms. The summed E-state index contributed by atoms with van der Waals surface area (Å²) in [4.78, 5) is 17.3. The Hall–Kier alpha value is -2.44. The van der Waals surface area contributed by atoms with E-state index in [0.29, 0.717) is 12.2 Å². The van der Waals surface area contributed by atoms with Gasteiger partial charge in [-0.25, -0.2) is 4.98 Å². The molecule has 6 nitrogen and oxygen atoms in total. The molecule has 0 bridgehead atoms. The first-order valence-corrected chi connectivity index (χ1v) is 9.24. The molecule has 0 spiro atoms. The van der Waals surface area contributed by atoms with Gasteiger partial charge in [-0.3, -0.25) is 4.79 Å². The number of nitrogens with one attached hydrogen (secondary N) is 1. The van der Waals surface area contributed by atoms with Crippen LogP contribution in [-0.2, 0) is 4.79 Å². The lowest BCUT2D eigenvalue weighted by atomic mass is 10.0. The fourth-order valence-corrected chi connectivity index (χ4v) is 3.21. The summed E-state index contributed by atoms with van der Waals surface area (Å²) >= 11 is 0. The average Bonchev–Trinajstić information content (AvgIpc) is 3.10. The van der Waals surface area contributed by atoms with E-state index in [1.807, 2.05) is 24.3 Å². The molecule has 1 aliphatic rings. The number of carbonyl (C=O) groups excluding carboxylic acids is 1. The van der Waals surface area contributed by atoms with E-state index in [4.69, 9.17) is 5.73 Å². The Kier molecular flexibility index (Phi) is 7.76. The van der Waals surface area contributed by atoms with Crippen LogP contribution in [0.2, 0.25) is 0 Å². The summed E-state index contributed by atoms with van der Waals surface area (Å²) in [6, 6.07) is 3.78. The van der Waals surface area contributed by atoms with Crippen LogP contribution in [0.1, 0.15) is 37.4 Å². The summed E-state index contributed by atoms with van der Waals surface area (Å²) in [5, 5.41) is 14.1. The third-order valence-corrected chi connectivity index (χ3v) is 4.75. The minimum atomic E-state index is -0.608. The highest BCUT2D eigenvalue weighted by atomic mass is 16.3. The predicted molar refractivity (Wildman–Crippen MR) is 109 cm³/mol. The molecule has 0 saturated carbocycles. The Morgan fingerprint density at radius 2 is 2.26 bits per heavy atom. The number of hydrogen-bond donors (Lipinski definition) is 3. The lowest BCUT2D eigenvalue weighted by Crippen LogP contribution is -2.34. The molecule has 1 aromatic heterocycles. The summed E-state index contributed by atoms with van der Waals surface area (Å²) in [5.41, 5.74) is 7.49. The number of anilines is 1. The maximum atomic E-state index is 11.7. The van der Waals surface area contributed by atoms with E-state index in [9.17, 15) is 9.90 Å². The molecule has 0 aliphatic carbocycles. The smallest absolute Gasteiger partial charge is 0.225 e. The third kappa shape index (κ3) is 6.34. The number of aromatic nitrogens is 1. The van der Waals surface area contributed by atoms with Crippen molar-refractivity contribution in [2.24, 2.45) is 0 Å². The van der Waals surface area contributed by atoms with Crippen molar-refractivity contribution in [2.75, 3.05) is 19.8 Å². The number of nitrogens with zero attached hydrogens (tertiary/aromatic N) is 2. The first kappa shape index (κ1) is 20.9. The first-order chi connectivity index (χ1) is 12.9. The summed E-state index contributed by atoms with van der Waals surface area (Å²) in [5.74, 6) is 0.519. The lowest BCUT2D eigenvalue weighted by molar-refractivity contribution is -0.127. The van der Waals surface area contributed by atoms with Crippen molar-refractivity contribution in [3.05, 3.63) is 60.3 Å². The van der Waals surface area contributed by atoms with Gasteiger partial charge in [-0.1, -0.05) is 36.9 Å². The van der Waals surface area contributed by atoms with Gasteiger partial charge in [0, 0.05) is 44.4 Å². The van der Waals surface area contributed by atoms with E-state index >= 15 is 0 Å². The zero-order valence-electron chi connectivity index (χ0n) is 16.1. The number of rotatable bonds is 8. The zero-order valence-corrected chi connectivity index (χ0v) is 16.1. The maximum Gasteiger partial charge on any atom is 0.225 e. The molecule has 1 amide bonds. The Morgan fingerprint density at radius 1 is 1.48 bits per heavy atom. The number of hydrogen-bond acceptors (Lipinski definition) is 5. The third-order valence-electron chi connectivity index (χ3n) is 4.75. The van der Waals surface area contributed by atoms with Crippen molar-refractivity contribution in [1.82, 2.24) is 15.2 Å². The largest absolute Gasteiger partial charge is 0.387 e. The van der Waals surface area contributed by atoms with E-state index in [0.717, 1.165) is 30.4 Å². The van der Waals surface area contributed by atoms with E-state index in [1.54, 1.807) is 37.3 Å². The second-order valence-corrected chi connectivity index (χ2v) is 7.08. The van der Waals surface area contributed by atoms with E-state index in [-0.39, 0.29) is 18.0 Å². The SMILES string of the molecule is C=CC=C(C=CCC(=O)N(C)C)CC1CCC(C(O)c2ccc(N)nc2)N1. The Bertz CT molecular complexity index is 695. The normalized spacial score (nSPS) is 21.4. The van der Waals surface area contributed by atoms with Gasteiger partial charge in [0.05, 0.1) is 6.10 Å². The Morgan fingerprint density at radius 3 is 2.89 bits per heavy atom. The van der Waals surface area contributed by atoms with Crippen molar-refractivity contribution in [3.8, 4) is 0 Å². The lowest BCUT2D eigenvalue weighted by Gasteiger charge is -2.20. The number of nitrogens with two attached hydrogens (primary N) is 1. The summed E-state index contributed by atoms with van der Waals surface area (Å²) < 4.78 is 0. The minimum Gasteiger partial charge on any atom is -0.387 e. The second-order valence-electron chi connectivity index (χ2n) is 7.08. The van der Waals surface area contributed by atoms with Crippen LogP contribution in [0, 0.1) is 0 Å². The maximum absolute atomic E-state index is 11.7. The quantitative estimate of drug-likeness (QED) is 0.611. The molecule has 6 heteroatoms. The monoisotopic (exact) mass is 370 g/mol. The highest BCUT2D eigenvalue weighted by molar-refractivity contribution is 5.77. The molecule has 3 atom stereocenters. The molecule has 2 heterocycles. The van der Waals surface area contributed by atoms with Crippen molar-refractivity contribution in [2.45, 2.75) is 43.9 Å². The molecule has 1 fully saturated rings. The van der Waals surface area contributed by atoms with Gasteiger partial charge >= 0.3 is 0 Å². The van der Waals surface area contributed by atoms with Crippen molar-refractivity contribution < 1.29 is 9.90 Å². The molecule has 0 aromatic carbocycles. The van der Waals surface area contributed by atoms with Gasteiger partial charge in [0.25, 0.3) is 0 Å². The fraction of sp³-hybridized carbons (Fsp3) is 0.429. The van der Waals surface area contributed by atoms with Crippen LogP contribution in [0.15, 0.2) is 54.8 Å². The van der Waals surface area contributed by atoms with Crippen LogP contribution in [0.5, 0.6) is 0 Å². The van der Waals surface area contributed by atoms with Crippen LogP contribution in [0.25, 0.3) is 0 Å². The number of nitrogen functional groups attached to an aromatic ring is 1. The van der Waals surface area contributed by atoms with Crippen LogP contribution < -0.4 is 11.1 Å². The van der Waals surface area contributed by atoms with Gasteiger partial charge in [-0.05, 0) is 30.9 Å². The van der Waals surface area contributed by atoms with E-state index < -0.39 is 6.10 Å². The minimum absolute atomic E-state index is 0.00953. The number of pyridine rings is 1. The Balaban J connectivity index is 1.91. The molecular weight excluding hydrogens is 340 g/mol. The second kappa shape index (κ2) is 10.0. The van der Waals surface area contributed by atoms with Crippen LogP contribution >= 0.6 is 0 Å². The first-order valence-electron chi connectivity index (χ1n) is 9.24. The van der Waals surface area contributed by atoms with Crippen LogP contribution in [0.3, 0.4) is 0 Å².